The molecule has 7 nitrogen and oxygen atoms in total. The van der Waals surface area contributed by atoms with E-state index in [9.17, 15) is 14.9 Å². The van der Waals surface area contributed by atoms with Crippen LogP contribution in [0.15, 0.2) is 24.3 Å². The minimum absolute atomic E-state index is 0.000167. The van der Waals surface area contributed by atoms with Crippen molar-refractivity contribution in [2.75, 3.05) is 31.5 Å². The number of hydrogen-bond acceptors (Lipinski definition) is 4. The number of rotatable bonds is 8. The normalized spacial score (nSPS) is 10.4. The summed E-state index contributed by atoms with van der Waals surface area (Å²) < 4.78 is 0. The van der Waals surface area contributed by atoms with Gasteiger partial charge in [0.15, 0.2) is 0 Å². The second-order valence-corrected chi connectivity index (χ2v) is 4.57. The van der Waals surface area contributed by atoms with Crippen LogP contribution in [-0.4, -0.2) is 42.0 Å². The van der Waals surface area contributed by atoms with Crippen LogP contribution in [0.2, 0.25) is 0 Å². The number of nitrogens with zero attached hydrogens (tertiary/aromatic N) is 2. The first-order chi connectivity index (χ1) is 10.1. The highest BCUT2D eigenvalue weighted by atomic mass is 16.6. The summed E-state index contributed by atoms with van der Waals surface area (Å²) in [7, 11) is 0. The Kier molecular flexibility index (Phi) is 7.17. The van der Waals surface area contributed by atoms with E-state index in [4.69, 9.17) is 0 Å². The highest BCUT2D eigenvalue weighted by Gasteiger charge is 2.06. The number of urea groups is 1. The largest absolute Gasteiger partial charge is 0.338 e. The monoisotopic (exact) mass is 294 g/mol. The topological polar surface area (TPSA) is 87.5 Å². The van der Waals surface area contributed by atoms with Gasteiger partial charge in [0.05, 0.1) is 4.92 Å². The van der Waals surface area contributed by atoms with Gasteiger partial charge in [-0.25, -0.2) is 4.79 Å². The molecule has 1 aromatic carbocycles. The van der Waals surface area contributed by atoms with Crippen molar-refractivity contribution in [2.45, 2.75) is 20.3 Å². The average molecular weight is 294 g/mol. The van der Waals surface area contributed by atoms with Crippen LogP contribution in [0.4, 0.5) is 16.2 Å². The summed E-state index contributed by atoms with van der Waals surface area (Å²) in [5, 5.41) is 15.9. The van der Waals surface area contributed by atoms with Gasteiger partial charge in [-0.2, -0.15) is 0 Å². The van der Waals surface area contributed by atoms with Crippen LogP contribution < -0.4 is 10.6 Å². The molecule has 0 fully saturated rings. The lowest BCUT2D eigenvalue weighted by atomic mass is 10.3. The lowest BCUT2D eigenvalue weighted by Gasteiger charge is -2.17. The van der Waals surface area contributed by atoms with Crippen molar-refractivity contribution in [2.24, 2.45) is 0 Å². The summed E-state index contributed by atoms with van der Waals surface area (Å²) in [5.41, 5.74) is 0.530. The van der Waals surface area contributed by atoms with Gasteiger partial charge in [0, 0.05) is 24.4 Å². The van der Waals surface area contributed by atoms with Crippen LogP contribution >= 0.6 is 0 Å². The number of carbonyl (C=O) groups is 1. The molecule has 0 aliphatic heterocycles. The highest BCUT2D eigenvalue weighted by molar-refractivity contribution is 5.89. The molecule has 2 amide bonds. The van der Waals surface area contributed by atoms with Gasteiger partial charge in [0.2, 0.25) is 0 Å². The third-order valence-electron chi connectivity index (χ3n) is 3.17. The number of carbonyl (C=O) groups excluding carboxylic acids is 1. The minimum atomic E-state index is -0.475. The van der Waals surface area contributed by atoms with Crippen molar-refractivity contribution in [3.63, 3.8) is 0 Å². The smallest absolute Gasteiger partial charge is 0.319 e. The summed E-state index contributed by atoms with van der Waals surface area (Å²) in [5.74, 6) is 0. The molecule has 0 radical (unpaired) electrons. The molecule has 116 valence electrons. The van der Waals surface area contributed by atoms with Crippen LogP contribution in [0, 0.1) is 10.1 Å². The van der Waals surface area contributed by atoms with Crippen molar-refractivity contribution >= 4 is 17.4 Å². The first kappa shape index (κ1) is 16.9. The number of benzene rings is 1. The number of anilines is 1. The Labute approximate surface area is 124 Å². The van der Waals surface area contributed by atoms with Crippen LogP contribution in [-0.2, 0) is 0 Å². The average Bonchev–Trinajstić information content (AvgIpc) is 2.48. The molecule has 2 N–H and O–H groups in total. The lowest BCUT2D eigenvalue weighted by Crippen LogP contribution is -2.32. The Bertz CT molecular complexity index is 458. The van der Waals surface area contributed by atoms with Gasteiger partial charge in [0.25, 0.3) is 5.69 Å². The molecule has 7 heteroatoms. The van der Waals surface area contributed by atoms with Crippen molar-refractivity contribution in [3.8, 4) is 0 Å². The van der Waals surface area contributed by atoms with Crippen LogP contribution in [0.1, 0.15) is 20.3 Å². The number of non-ortho nitro benzene ring substituents is 1. The maximum atomic E-state index is 11.6. The highest BCUT2D eigenvalue weighted by Crippen LogP contribution is 2.15. The predicted octanol–water partition coefficient (Wildman–Crippen LogP) is 2.45. The molecular formula is C14H22N4O3. The van der Waals surface area contributed by atoms with Crippen molar-refractivity contribution < 1.29 is 9.72 Å². The van der Waals surface area contributed by atoms with E-state index in [1.54, 1.807) is 0 Å². The van der Waals surface area contributed by atoms with Gasteiger partial charge in [-0.15, -0.1) is 0 Å². The number of nitrogens with one attached hydrogen (secondary N) is 2. The molecule has 0 aliphatic rings. The molecule has 0 unspecified atom stereocenters. The summed E-state index contributed by atoms with van der Waals surface area (Å²) in [6, 6.07) is 5.43. The predicted molar refractivity (Wildman–Crippen MR) is 82.5 cm³/mol. The van der Waals surface area contributed by atoms with E-state index >= 15 is 0 Å². The molecule has 0 aromatic heterocycles. The van der Waals surface area contributed by atoms with Crippen molar-refractivity contribution in [1.82, 2.24) is 10.2 Å². The van der Waals surface area contributed by atoms with Crippen molar-refractivity contribution in [3.05, 3.63) is 34.4 Å². The van der Waals surface area contributed by atoms with Gasteiger partial charge in [-0.3, -0.25) is 10.1 Å². The second-order valence-electron chi connectivity index (χ2n) is 4.57. The molecule has 0 spiro atoms. The standard InChI is InChI=1S/C14H22N4O3/c1-3-17(4-2)11-5-10-15-14(19)16-12-6-8-13(9-7-12)18(20)21/h6-9H,3-5,10-11H2,1-2H3,(H2,15,16,19). The second kappa shape index (κ2) is 8.91. The maximum absolute atomic E-state index is 11.6. The fraction of sp³-hybridized carbons (Fsp3) is 0.500. The van der Waals surface area contributed by atoms with Crippen LogP contribution in [0.3, 0.4) is 0 Å². The third-order valence-corrected chi connectivity index (χ3v) is 3.17. The lowest BCUT2D eigenvalue weighted by molar-refractivity contribution is -0.384. The SMILES string of the molecule is CCN(CC)CCCNC(=O)Nc1ccc([N+](=O)[O-])cc1. The van der Waals surface area contributed by atoms with Crippen molar-refractivity contribution in [1.29, 1.82) is 0 Å². The number of nitro benzene ring substituents is 1. The summed E-state index contributed by atoms with van der Waals surface area (Å²) in [6.45, 7) is 7.77. The summed E-state index contributed by atoms with van der Waals surface area (Å²) in [6.07, 6.45) is 0.884. The molecule has 0 saturated carbocycles. The van der Waals surface area contributed by atoms with E-state index < -0.39 is 4.92 Å². The molecule has 21 heavy (non-hydrogen) atoms. The van der Waals surface area contributed by atoms with E-state index in [1.807, 2.05) is 0 Å². The Morgan fingerprint density at radius 2 is 1.86 bits per heavy atom. The van der Waals surface area contributed by atoms with E-state index in [1.165, 1.54) is 24.3 Å². The Balaban J connectivity index is 2.29. The number of nitro groups is 1. The van der Waals surface area contributed by atoms with Gasteiger partial charge in [-0.1, -0.05) is 13.8 Å². The third kappa shape index (κ3) is 6.22. The molecule has 1 rings (SSSR count). The van der Waals surface area contributed by atoms with Gasteiger partial charge < -0.3 is 15.5 Å². The Morgan fingerprint density at radius 1 is 1.24 bits per heavy atom. The molecule has 1 aromatic rings. The number of hydrogen-bond donors (Lipinski definition) is 2. The summed E-state index contributed by atoms with van der Waals surface area (Å²) >= 11 is 0. The van der Waals surface area contributed by atoms with E-state index in [2.05, 4.69) is 29.4 Å². The molecule has 0 saturated heterocycles. The molecule has 0 heterocycles. The van der Waals surface area contributed by atoms with Gasteiger partial charge >= 0.3 is 6.03 Å². The van der Waals surface area contributed by atoms with Gasteiger partial charge in [0.1, 0.15) is 0 Å². The molecular weight excluding hydrogens is 272 g/mol. The first-order valence-electron chi connectivity index (χ1n) is 7.08. The fourth-order valence-corrected chi connectivity index (χ4v) is 1.89. The first-order valence-corrected chi connectivity index (χ1v) is 7.08. The summed E-state index contributed by atoms with van der Waals surface area (Å²) in [4.78, 5) is 24.0. The number of amides is 2. The van der Waals surface area contributed by atoms with E-state index in [-0.39, 0.29) is 11.7 Å². The zero-order chi connectivity index (χ0) is 15.7. The molecule has 0 aliphatic carbocycles. The Hall–Kier alpha value is -2.15. The van der Waals surface area contributed by atoms with Crippen LogP contribution in [0.25, 0.3) is 0 Å². The van der Waals surface area contributed by atoms with Gasteiger partial charge in [-0.05, 0) is 38.2 Å². The molecule has 0 bridgehead atoms. The van der Waals surface area contributed by atoms with E-state index in [0.29, 0.717) is 12.2 Å². The quantitative estimate of drug-likeness (QED) is 0.438. The minimum Gasteiger partial charge on any atom is -0.338 e. The van der Waals surface area contributed by atoms with E-state index in [0.717, 1.165) is 26.1 Å². The molecule has 0 atom stereocenters. The fourth-order valence-electron chi connectivity index (χ4n) is 1.89. The zero-order valence-electron chi connectivity index (χ0n) is 12.5. The van der Waals surface area contributed by atoms with Crippen LogP contribution in [0.5, 0.6) is 0 Å². The maximum Gasteiger partial charge on any atom is 0.319 e. The Morgan fingerprint density at radius 3 is 2.38 bits per heavy atom. The zero-order valence-corrected chi connectivity index (χ0v) is 12.5.